The number of likely N-dealkylation sites (tertiary alicyclic amines) is 1. The van der Waals surface area contributed by atoms with Gasteiger partial charge in [-0.25, -0.2) is 0 Å². The molecular weight excluding hydrogens is 342 g/mol. The molecule has 3 aromatic rings. The lowest BCUT2D eigenvalue weighted by Gasteiger charge is -2.31. The molecule has 27 heavy (non-hydrogen) atoms. The van der Waals surface area contributed by atoms with Crippen molar-refractivity contribution in [3.05, 3.63) is 54.2 Å². The van der Waals surface area contributed by atoms with Crippen LogP contribution in [0.2, 0.25) is 0 Å². The Kier molecular flexibility index (Phi) is 5.00. The van der Waals surface area contributed by atoms with Crippen molar-refractivity contribution >= 4 is 5.91 Å². The first-order chi connectivity index (χ1) is 13.2. The van der Waals surface area contributed by atoms with Gasteiger partial charge in [-0.15, -0.1) is 0 Å². The molecule has 0 spiro atoms. The molecule has 1 aliphatic rings. The van der Waals surface area contributed by atoms with E-state index in [0.717, 1.165) is 30.6 Å². The van der Waals surface area contributed by atoms with Crippen LogP contribution in [0.25, 0.3) is 11.4 Å². The van der Waals surface area contributed by atoms with Gasteiger partial charge in [0, 0.05) is 37.8 Å². The number of hydrogen-bond donors (Lipinski definition) is 0. The number of hydrogen-bond acceptors (Lipinski definition) is 5. The standard InChI is InChI=1S/C20H23N5O2/c1-15-9-12-25(22-15)13-10-18(26)24-11-5-8-17(14-24)20-21-19(23-27-20)16-6-3-2-4-7-16/h2-4,6-7,9,12,17H,5,8,10-11,13-14H2,1H3/t17-/m0/s1. The van der Waals surface area contributed by atoms with Crippen molar-refractivity contribution in [2.75, 3.05) is 13.1 Å². The molecule has 1 aromatic carbocycles. The lowest BCUT2D eigenvalue weighted by atomic mass is 9.97. The van der Waals surface area contributed by atoms with E-state index < -0.39 is 0 Å². The molecule has 3 heterocycles. The van der Waals surface area contributed by atoms with Gasteiger partial charge >= 0.3 is 0 Å². The third-order valence-corrected chi connectivity index (χ3v) is 4.93. The van der Waals surface area contributed by atoms with E-state index in [2.05, 4.69) is 15.2 Å². The van der Waals surface area contributed by atoms with Crippen LogP contribution in [-0.2, 0) is 11.3 Å². The van der Waals surface area contributed by atoms with Crippen LogP contribution in [0.3, 0.4) is 0 Å². The highest BCUT2D eigenvalue weighted by atomic mass is 16.5. The average molecular weight is 365 g/mol. The summed E-state index contributed by atoms with van der Waals surface area (Å²) < 4.78 is 7.32. The van der Waals surface area contributed by atoms with Crippen LogP contribution in [0.4, 0.5) is 0 Å². The summed E-state index contributed by atoms with van der Waals surface area (Å²) in [5, 5.41) is 8.44. The van der Waals surface area contributed by atoms with Gasteiger partial charge in [0.1, 0.15) is 0 Å². The summed E-state index contributed by atoms with van der Waals surface area (Å²) in [6, 6.07) is 11.7. The van der Waals surface area contributed by atoms with Crippen molar-refractivity contribution in [2.45, 2.75) is 38.6 Å². The minimum atomic E-state index is 0.0969. The minimum absolute atomic E-state index is 0.0969. The predicted octanol–water partition coefficient (Wildman–Crippen LogP) is 3.04. The van der Waals surface area contributed by atoms with Crippen molar-refractivity contribution in [1.29, 1.82) is 0 Å². The van der Waals surface area contributed by atoms with Gasteiger partial charge < -0.3 is 9.42 Å². The van der Waals surface area contributed by atoms with Crippen molar-refractivity contribution in [3.8, 4) is 11.4 Å². The Balaban J connectivity index is 1.38. The Hall–Kier alpha value is -2.96. The van der Waals surface area contributed by atoms with Gasteiger partial charge in [-0.1, -0.05) is 35.5 Å². The third kappa shape index (κ3) is 4.07. The fourth-order valence-electron chi connectivity index (χ4n) is 3.47. The van der Waals surface area contributed by atoms with E-state index in [0.29, 0.717) is 31.2 Å². The summed E-state index contributed by atoms with van der Waals surface area (Å²) in [5.74, 6) is 1.47. The van der Waals surface area contributed by atoms with Gasteiger partial charge in [0.2, 0.25) is 17.6 Å². The molecule has 0 N–H and O–H groups in total. The molecule has 0 bridgehead atoms. The first-order valence-electron chi connectivity index (χ1n) is 9.36. The molecule has 0 radical (unpaired) electrons. The summed E-state index contributed by atoms with van der Waals surface area (Å²) in [7, 11) is 0. The fourth-order valence-corrected chi connectivity index (χ4v) is 3.47. The van der Waals surface area contributed by atoms with Gasteiger partial charge in [-0.3, -0.25) is 9.48 Å². The maximum atomic E-state index is 12.6. The molecule has 7 nitrogen and oxygen atoms in total. The number of aryl methyl sites for hydroxylation is 2. The normalized spacial score (nSPS) is 17.2. The molecule has 1 aliphatic heterocycles. The van der Waals surface area contributed by atoms with Crippen LogP contribution in [0.15, 0.2) is 47.1 Å². The van der Waals surface area contributed by atoms with E-state index >= 15 is 0 Å². The summed E-state index contributed by atoms with van der Waals surface area (Å²) in [4.78, 5) is 19.1. The van der Waals surface area contributed by atoms with Crippen LogP contribution in [-0.4, -0.2) is 43.8 Å². The highest BCUT2D eigenvalue weighted by Crippen LogP contribution is 2.27. The summed E-state index contributed by atoms with van der Waals surface area (Å²) >= 11 is 0. The lowest BCUT2D eigenvalue weighted by molar-refractivity contribution is -0.132. The highest BCUT2D eigenvalue weighted by molar-refractivity contribution is 5.76. The number of aromatic nitrogens is 4. The number of carbonyl (C=O) groups is 1. The molecule has 0 saturated carbocycles. The van der Waals surface area contributed by atoms with Gasteiger partial charge in [-0.2, -0.15) is 10.1 Å². The highest BCUT2D eigenvalue weighted by Gasteiger charge is 2.28. The summed E-state index contributed by atoms with van der Waals surface area (Å²) in [6.07, 6.45) is 4.26. The second kappa shape index (κ2) is 7.73. The number of amides is 1. The van der Waals surface area contributed by atoms with Gasteiger partial charge in [0.15, 0.2) is 0 Å². The Morgan fingerprint density at radius 1 is 1.26 bits per heavy atom. The molecule has 2 aromatic heterocycles. The number of benzene rings is 1. The third-order valence-electron chi connectivity index (χ3n) is 4.93. The maximum absolute atomic E-state index is 12.6. The predicted molar refractivity (Wildman–Crippen MR) is 99.9 cm³/mol. The Morgan fingerprint density at radius 2 is 2.11 bits per heavy atom. The number of piperidine rings is 1. The molecule has 1 atom stereocenters. The van der Waals surface area contributed by atoms with Crippen LogP contribution in [0.1, 0.15) is 36.8 Å². The SMILES string of the molecule is Cc1ccn(CCC(=O)N2CCC[C@H](c3nc(-c4ccccc4)no3)C2)n1. The molecule has 1 fully saturated rings. The molecule has 0 unspecified atom stereocenters. The van der Waals surface area contributed by atoms with E-state index in [9.17, 15) is 4.79 Å². The Labute approximate surface area is 158 Å². The van der Waals surface area contributed by atoms with E-state index in [1.807, 2.05) is 59.1 Å². The zero-order valence-corrected chi connectivity index (χ0v) is 15.4. The molecule has 7 heteroatoms. The molecule has 0 aliphatic carbocycles. The second-order valence-corrected chi connectivity index (χ2v) is 6.97. The van der Waals surface area contributed by atoms with Crippen LogP contribution >= 0.6 is 0 Å². The molecule has 1 saturated heterocycles. The van der Waals surface area contributed by atoms with E-state index in [1.54, 1.807) is 0 Å². The molecular formula is C20H23N5O2. The maximum Gasteiger partial charge on any atom is 0.231 e. The van der Waals surface area contributed by atoms with Gasteiger partial charge in [-0.05, 0) is 25.8 Å². The number of nitrogens with zero attached hydrogens (tertiary/aromatic N) is 5. The summed E-state index contributed by atoms with van der Waals surface area (Å²) in [6.45, 7) is 3.97. The van der Waals surface area contributed by atoms with E-state index in [4.69, 9.17) is 4.52 Å². The van der Waals surface area contributed by atoms with Crippen molar-refractivity contribution < 1.29 is 9.32 Å². The zero-order valence-electron chi connectivity index (χ0n) is 15.4. The van der Waals surface area contributed by atoms with Crippen molar-refractivity contribution in [2.24, 2.45) is 0 Å². The van der Waals surface area contributed by atoms with Gasteiger partial charge in [0.05, 0.1) is 11.6 Å². The first kappa shape index (κ1) is 17.5. The van der Waals surface area contributed by atoms with E-state index in [1.165, 1.54) is 0 Å². The van der Waals surface area contributed by atoms with Crippen molar-refractivity contribution in [1.82, 2.24) is 24.8 Å². The molecule has 140 valence electrons. The Morgan fingerprint density at radius 3 is 2.89 bits per heavy atom. The summed E-state index contributed by atoms with van der Waals surface area (Å²) in [5.41, 5.74) is 1.90. The lowest BCUT2D eigenvalue weighted by Crippen LogP contribution is -2.39. The second-order valence-electron chi connectivity index (χ2n) is 6.97. The topological polar surface area (TPSA) is 77.0 Å². The average Bonchev–Trinajstić information content (AvgIpc) is 3.36. The monoisotopic (exact) mass is 365 g/mol. The van der Waals surface area contributed by atoms with Crippen LogP contribution in [0, 0.1) is 6.92 Å². The number of rotatable bonds is 5. The van der Waals surface area contributed by atoms with E-state index in [-0.39, 0.29) is 11.8 Å². The molecule has 4 rings (SSSR count). The largest absolute Gasteiger partial charge is 0.342 e. The van der Waals surface area contributed by atoms with Gasteiger partial charge in [0.25, 0.3) is 0 Å². The quantitative estimate of drug-likeness (QED) is 0.694. The van der Waals surface area contributed by atoms with Crippen molar-refractivity contribution in [3.63, 3.8) is 0 Å². The zero-order chi connectivity index (χ0) is 18.6. The van der Waals surface area contributed by atoms with Crippen LogP contribution < -0.4 is 0 Å². The smallest absolute Gasteiger partial charge is 0.231 e. The fraction of sp³-hybridized carbons (Fsp3) is 0.400. The minimum Gasteiger partial charge on any atom is -0.342 e. The molecule has 1 amide bonds. The van der Waals surface area contributed by atoms with Crippen LogP contribution in [0.5, 0.6) is 0 Å². The Bertz CT molecular complexity index is 902. The first-order valence-corrected chi connectivity index (χ1v) is 9.36. The number of carbonyl (C=O) groups excluding carboxylic acids is 1.